The zero-order valence-electron chi connectivity index (χ0n) is 16.9. The minimum Gasteiger partial charge on any atom is -0.462 e. The van der Waals surface area contributed by atoms with Crippen molar-refractivity contribution in [2.75, 3.05) is 19.7 Å². The molecule has 28 heavy (non-hydrogen) atoms. The Bertz CT molecular complexity index is 803. The summed E-state index contributed by atoms with van der Waals surface area (Å²) in [4.78, 5) is 15.3. The van der Waals surface area contributed by atoms with E-state index in [-0.39, 0.29) is 29.0 Å². The molecule has 1 aromatic carbocycles. The molecule has 1 spiro atoms. The van der Waals surface area contributed by atoms with Crippen molar-refractivity contribution in [2.45, 2.75) is 63.7 Å². The Morgan fingerprint density at radius 2 is 2.04 bits per heavy atom. The summed E-state index contributed by atoms with van der Waals surface area (Å²) in [7, 11) is 0. The summed E-state index contributed by atoms with van der Waals surface area (Å²) >= 11 is 0. The second-order valence-corrected chi connectivity index (χ2v) is 10.4. The largest absolute Gasteiger partial charge is 0.462 e. The molecule has 4 nitrogen and oxygen atoms in total. The van der Waals surface area contributed by atoms with Crippen molar-refractivity contribution in [3.05, 3.63) is 35.4 Å². The van der Waals surface area contributed by atoms with Crippen LogP contribution in [-0.4, -0.2) is 42.3 Å². The van der Waals surface area contributed by atoms with E-state index >= 15 is 0 Å². The van der Waals surface area contributed by atoms with Gasteiger partial charge >= 0.3 is 5.97 Å². The van der Waals surface area contributed by atoms with Crippen LogP contribution in [-0.2, 0) is 27.2 Å². The predicted molar refractivity (Wildman–Crippen MR) is 106 cm³/mol. The molecule has 6 atom stereocenters. The maximum absolute atomic E-state index is 12.9. The normalized spacial score (nSPS) is 44.5. The molecule has 0 N–H and O–H groups in total. The Kier molecular flexibility index (Phi) is 3.78. The number of epoxide rings is 1. The Labute approximate surface area is 167 Å². The predicted octanol–water partition coefficient (Wildman–Crippen LogP) is 3.57. The summed E-state index contributed by atoms with van der Waals surface area (Å²) in [5.74, 6) is 1.08. The average molecular weight is 382 g/mol. The Hall–Kier alpha value is -1.39. The molecule has 4 heteroatoms. The van der Waals surface area contributed by atoms with Crippen molar-refractivity contribution in [2.24, 2.45) is 23.2 Å². The molecule has 6 rings (SSSR count). The lowest BCUT2D eigenvalue weighted by Gasteiger charge is -2.51. The van der Waals surface area contributed by atoms with E-state index in [1.54, 1.807) is 0 Å². The van der Waals surface area contributed by atoms with Gasteiger partial charge in [0.15, 0.2) is 0 Å². The number of carbonyl (C=O) groups is 1. The smallest absolute Gasteiger partial charge is 0.310 e. The molecule has 2 aliphatic carbocycles. The summed E-state index contributed by atoms with van der Waals surface area (Å²) < 4.78 is 12.0. The van der Waals surface area contributed by atoms with Crippen molar-refractivity contribution < 1.29 is 14.3 Å². The molecule has 2 saturated carbocycles. The van der Waals surface area contributed by atoms with Gasteiger partial charge in [0.05, 0.1) is 18.1 Å². The molecule has 0 unspecified atom stereocenters. The van der Waals surface area contributed by atoms with Crippen LogP contribution in [0.5, 0.6) is 0 Å². The van der Waals surface area contributed by atoms with Gasteiger partial charge in [-0.1, -0.05) is 31.2 Å². The number of carbonyl (C=O) groups excluding carboxylic acids is 1. The number of benzene rings is 1. The Morgan fingerprint density at radius 1 is 1.21 bits per heavy atom. The molecule has 0 aromatic heterocycles. The van der Waals surface area contributed by atoms with Gasteiger partial charge in [-0.2, -0.15) is 0 Å². The van der Waals surface area contributed by atoms with Crippen LogP contribution in [0.3, 0.4) is 0 Å². The van der Waals surface area contributed by atoms with E-state index in [9.17, 15) is 4.79 Å². The Balaban J connectivity index is 1.21. The van der Waals surface area contributed by atoms with Gasteiger partial charge < -0.3 is 9.47 Å². The number of hydrogen-bond acceptors (Lipinski definition) is 4. The summed E-state index contributed by atoms with van der Waals surface area (Å²) in [5.41, 5.74) is 3.31. The maximum atomic E-state index is 12.9. The third-order valence-electron chi connectivity index (χ3n) is 8.74. The minimum absolute atomic E-state index is 0.0394. The van der Waals surface area contributed by atoms with Crippen molar-refractivity contribution in [3.63, 3.8) is 0 Å². The highest BCUT2D eigenvalue weighted by molar-refractivity contribution is 5.75. The van der Waals surface area contributed by atoms with Gasteiger partial charge in [0.2, 0.25) is 0 Å². The number of ether oxygens (including phenoxy) is 2. The highest BCUT2D eigenvalue weighted by Crippen LogP contribution is 2.62. The van der Waals surface area contributed by atoms with Crippen LogP contribution in [0.1, 0.15) is 50.2 Å². The van der Waals surface area contributed by atoms with Crippen molar-refractivity contribution >= 4 is 5.97 Å². The first-order valence-electron chi connectivity index (χ1n) is 11.2. The van der Waals surface area contributed by atoms with E-state index < -0.39 is 0 Å². The van der Waals surface area contributed by atoms with E-state index in [1.807, 2.05) is 0 Å². The number of hydrogen-bond donors (Lipinski definition) is 0. The van der Waals surface area contributed by atoms with E-state index in [4.69, 9.17) is 9.47 Å². The molecule has 0 radical (unpaired) electrons. The monoisotopic (exact) mass is 381 g/mol. The summed E-state index contributed by atoms with van der Waals surface area (Å²) in [6.45, 7) is 6.23. The molecule has 4 fully saturated rings. The fourth-order valence-electron chi connectivity index (χ4n) is 7.15. The van der Waals surface area contributed by atoms with E-state index in [0.717, 1.165) is 45.5 Å². The lowest BCUT2D eigenvalue weighted by Crippen LogP contribution is -2.51. The van der Waals surface area contributed by atoms with Gasteiger partial charge in [-0.05, 0) is 61.0 Å². The molecule has 3 heterocycles. The van der Waals surface area contributed by atoms with Crippen LogP contribution in [0.4, 0.5) is 0 Å². The van der Waals surface area contributed by atoms with E-state index in [2.05, 4.69) is 36.1 Å². The van der Waals surface area contributed by atoms with Crippen LogP contribution in [0.15, 0.2) is 24.3 Å². The Morgan fingerprint density at radius 3 is 2.86 bits per heavy atom. The second-order valence-electron chi connectivity index (χ2n) is 10.4. The average Bonchev–Trinajstić information content (AvgIpc) is 3.39. The van der Waals surface area contributed by atoms with Gasteiger partial charge in [0.25, 0.3) is 0 Å². The molecular weight excluding hydrogens is 350 g/mol. The van der Waals surface area contributed by atoms with Crippen LogP contribution in [0, 0.1) is 23.2 Å². The van der Waals surface area contributed by atoms with Crippen molar-refractivity contribution in [3.8, 4) is 0 Å². The summed E-state index contributed by atoms with van der Waals surface area (Å²) in [5, 5.41) is 0. The highest BCUT2D eigenvalue weighted by atomic mass is 16.6. The SMILES string of the molecule is C[C@]12CCC[C@]3(CO3)[C@@H]1C[C@H]1[C@H](CN3CCc4ccccc4C3)C(=O)O[C@@H]1C2. The molecule has 3 aliphatic heterocycles. The summed E-state index contributed by atoms with van der Waals surface area (Å²) in [6, 6.07) is 8.74. The molecule has 5 aliphatic rings. The van der Waals surface area contributed by atoms with E-state index in [0.29, 0.717) is 11.8 Å². The standard InChI is InChI=1S/C24H31NO3/c1-23-8-4-9-24(15-27-24)21(23)11-18-19(22(26)28-20(18)12-23)14-25-10-7-16-5-2-3-6-17(16)13-25/h2-3,5-6,18-21H,4,7-15H2,1H3/t18-,19-,20+,21+,23+,24-/m0/s1. The molecular formula is C24H31NO3. The first-order chi connectivity index (χ1) is 13.6. The maximum Gasteiger partial charge on any atom is 0.310 e. The first-order valence-corrected chi connectivity index (χ1v) is 11.2. The lowest BCUT2D eigenvalue weighted by molar-refractivity contribution is -0.147. The van der Waals surface area contributed by atoms with Gasteiger partial charge in [-0.15, -0.1) is 0 Å². The fraction of sp³-hybridized carbons (Fsp3) is 0.708. The van der Waals surface area contributed by atoms with Crippen molar-refractivity contribution in [1.82, 2.24) is 4.90 Å². The number of esters is 1. The molecule has 0 bridgehead atoms. The van der Waals surface area contributed by atoms with Crippen LogP contribution in [0.2, 0.25) is 0 Å². The third-order valence-corrected chi connectivity index (χ3v) is 8.74. The highest BCUT2D eigenvalue weighted by Gasteiger charge is 2.65. The van der Waals surface area contributed by atoms with Gasteiger partial charge in [-0.3, -0.25) is 9.69 Å². The minimum atomic E-state index is 0.0394. The number of fused-ring (bicyclic) bond motifs is 4. The van der Waals surface area contributed by atoms with Gasteiger partial charge in [0, 0.05) is 25.6 Å². The van der Waals surface area contributed by atoms with Crippen LogP contribution < -0.4 is 0 Å². The number of nitrogens with zero attached hydrogens (tertiary/aromatic N) is 1. The number of rotatable bonds is 2. The molecule has 1 aromatic rings. The first kappa shape index (κ1) is 17.5. The topological polar surface area (TPSA) is 42.1 Å². The quantitative estimate of drug-likeness (QED) is 0.580. The zero-order chi connectivity index (χ0) is 18.9. The molecule has 0 amide bonds. The van der Waals surface area contributed by atoms with E-state index in [1.165, 1.54) is 30.4 Å². The van der Waals surface area contributed by atoms with Crippen LogP contribution in [0.25, 0.3) is 0 Å². The van der Waals surface area contributed by atoms with Gasteiger partial charge in [-0.25, -0.2) is 0 Å². The molecule has 150 valence electrons. The lowest BCUT2D eigenvalue weighted by atomic mass is 9.53. The summed E-state index contributed by atoms with van der Waals surface area (Å²) in [6.07, 6.45) is 7.10. The third kappa shape index (κ3) is 2.60. The molecule has 2 saturated heterocycles. The van der Waals surface area contributed by atoms with Crippen molar-refractivity contribution in [1.29, 1.82) is 0 Å². The second kappa shape index (κ2) is 6.06. The van der Waals surface area contributed by atoms with Gasteiger partial charge in [0.1, 0.15) is 6.10 Å². The van der Waals surface area contributed by atoms with Crippen LogP contribution >= 0.6 is 0 Å². The zero-order valence-corrected chi connectivity index (χ0v) is 16.9. The fourth-order valence-corrected chi connectivity index (χ4v) is 7.15.